The highest BCUT2D eigenvalue weighted by atomic mass is 19.1. The summed E-state index contributed by atoms with van der Waals surface area (Å²) in [6.07, 6.45) is 4.06. The van der Waals surface area contributed by atoms with Crippen molar-refractivity contribution in [3.05, 3.63) is 84.4 Å². The van der Waals surface area contributed by atoms with Gasteiger partial charge in [-0.25, -0.2) is 4.39 Å². The van der Waals surface area contributed by atoms with Crippen molar-refractivity contribution in [3.63, 3.8) is 0 Å². The van der Waals surface area contributed by atoms with Crippen molar-refractivity contribution in [1.82, 2.24) is 4.57 Å². The number of benzene rings is 2. The standard InChI is InChI=1S/C17H14FN/c18-17-8-4-7-15(11-17)16-9-10-19(13-16)12-14-5-2-1-3-6-14/h1-11,13H,12H2. The summed E-state index contributed by atoms with van der Waals surface area (Å²) in [6.45, 7) is 0.830. The summed E-state index contributed by atoms with van der Waals surface area (Å²) < 4.78 is 15.3. The maximum absolute atomic E-state index is 13.2. The number of halogens is 1. The van der Waals surface area contributed by atoms with Crippen molar-refractivity contribution >= 4 is 0 Å². The van der Waals surface area contributed by atoms with E-state index in [0.717, 1.165) is 17.7 Å². The molecule has 2 aromatic carbocycles. The highest BCUT2D eigenvalue weighted by Crippen LogP contribution is 2.20. The SMILES string of the molecule is Fc1cccc(-c2ccn(Cc3ccccc3)c2)c1. The summed E-state index contributed by atoms with van der Waals surface area (Å²) >= 11 is 0. The van der Waals surface area contributed by atoms with Gasteiger partial charge in [0.1, 0.15) is 5.82 Å². The minimum atomic E-state index is -0.201. The van der Waals surface area contributed by atoms with Gasteiger partial charge in [-0.15, -0.1) is 0 Å². The number of nitrogens with zero attached hydrogens (tertiary/aromatic N) is 1. The lowest BCUT2D eigenvalue weighted by molar-refractivity contribution is 0.628. The second-order valence-electron chi connectivity index (χ2n) is 4.57. The fourth-order valence-electron chi connectivity index (χ4n) is 2.17. The van der Waals surface area contributed by atoms with E-state index in [1.807, 2.05) is 42.7 Å². The molecule has 94 valence electrons. The van der Waals surface area contributed by atoms with Crippen LogP contribution >= 0.6 is 0 Å². The van der Waals surface area contributed by atoms with Crippen molar-refractivity contribution < 1.29 is 4.39 Å². The first-order valence-corrected chi connectivity index (χ1v) is 6.27. The zero-order chi connectivity index (χ0) is 13.1. The first-order chi connectivity index (χ1) is 9.31. The normalized spacial score (nSPS) is 10.6. The van der Waals surface area contributed by atoms with Crippen molar-refractivity contribution in [3.8, 4) is 11.1 Å². The van der Waals surface area contributed by atoms with E-state index in [0.29, 0.717) is 0 Å². The molecule has 0 aliphatic heterocycles. The molecule has 0 amide bonds. The molecule has 0 radical (unpaired) electrons. The van der Waals surface area contributed by atoms with Crippen LogP contribution in [0.4, 0.5) is 4.39 Å². The van der Waals surface area contributed by atoms with Crippen LogP contribution < -0.4 is 0 Å². The van der Waals surface area contributed by atoms with Crippen LogP contribution in [0.15, 0.2) is 73.1 Å². The molecule has 0 saturated carbocycles. The van der Waals surface area contributed by atoms with Crippen molar-refractivity contribution in [1.29, 1.82) is 0 Å². The van der Waals surface area contributed by atoms with E-state index in [9.17, 15) is 4.39 Å². The van der Waals surface area contributed by atoms with Crippen LogP contribution in [0.25, 0.3) is 11.1 Å². The molecular formula is C17H14FN. The third-order valence-corrected chi connectivity index (χ3v) is 3.12. The molecular weight excluding hydrogens is 237 g/mol. The van der Waals surface area contributed by atoms with E-state index >= 15 is 0 Å². The zero-order valence-corrected chi connectivity index (χ0v) is 10.5. The van der Waals surface area contributed by atoms with Gasteiger partial charge in [0, 0.05) is 18.9 Å². The van der Waals surface area contributed by atoms with Crippen molar-refractivity contribution in [2.45, 2.75) is 6.54 Å². The quantitative estimate of drug-likeness (QED) is 0.652. The van der Waals surface area contributed by atoms with E-state index < -0.39 is 0 Å². The largest absolute Gasteiger partial charge is 0.349 e. The van der Waals surface area contributed by atoms with E-state index in [1.165, 1.54) is 11.6 Å². The molecule has 0 fully saturated rings. The minimum Gasteiger partial charge on any atom is -0.349 e. The van der Waals surface area contributed by atoms with Crippen LogP contribution in [0.2, 0.25) is 0 Å². The first-order valence-electron chi connectivity index (χ1n) is 6.27. The highest BCUT2D eigenvalue weighted by molar-refractivity contribution is 5.62. The molecule has 0 spiro atoms. The Balaban J connectivity index is 1.84. The van der Waals surface area contributed by atoms with Gasteiger partial charge in [0.25, 0.3) is 0 Å². The van der Waals surface area contributed by atoms with E-state index in [4.69, 9.17) is 0 Å². The van der Waals surface area contributed by atoms with Crippen molar-refractivity contribution in [2.75, 3.05) is 0 Å². The second kappa shape index (κ2) is 5.11. The Morgan fingerprint density at radius 2 is 1.68 bits per heavy atom. The number of hydrogen-bond donors (Lipinski definition) is 0. The Kier molecular flexibility index (Phi) is 3.15. The van der Waals surface area contributed by atoms with Crippen LogP contribution in [0.1, 0.15) is 5.56 Å². The maximum Gasteiger partial charge on any atom is 0.123 e. The Labute approximate surface area is 111 Å². The molecule has 0 saturated heterocycles. The van der Waals surface area contributed by atoms with Gasteiger partial charge in [-0.1, -0.05) is 42.5 Å². The van der Waals surface area contributed by atoms with Gasteiger partial charge in [0.05, 0.1) is 0 Å². The van der Waals surface area contributed by atoms with E-state index in [-0.39, 0.29) is 5.82 Å². The molecule has 3 rings (SSSR count). The summed E-state index contributed by atoms with van der Waals surface area (Å²) in [5.41, 5.74) is 3.20. The van der Waals surface area contributed by atoms with Gasteiger partial charge < -0.3 is 4.57 Å². The molecule has 0 aliphatic carbocycles. The monoisotopic (exact) mass is 251 g/mol. The topological polar surface area (TPSA) is 4.93 Å². The predicted molar refractivity (Wildman–Crippen MR) is 75.4 cm³/mol. The highest BCUT2D eigenvalue weighted by Gasteiger charge is 2.02. The van der Waals surface area contributed by atoms with Crippen LogP contribution in [0.3, 0.4) is 0 Å². The van der Waals surface area contributed by atoms with Crippen LogP contribution in [-0.4, -0.2) is 4.57 Å². The Morgan fingerprint density at radius 3 is 2.47 bits per heavy atom. The Morgan fingerprint density at radius 1 is 0.842 bits per heavy atom. The molecule has 2 heteroatoms. The van der Waals surface area contributed by atoms with Crippen LogP contribution in [-0.2, 0) is 6.54 Å². The minimum absolute atomic E-state index is 0.201. The lowest BCUT2D eigenvalue weighted by Gasteiger charge is -2.02. The van der Waals surface area contributed by atoms with Gasteiger partial charge >= 0.3 is 0 Å². The molecule has 0 N–H and O–H groups in total. The number of rotatable bonds is 3. The molecule has 0 bridgehead atoms. The van der Waals surface area contributed by atoms with Crippen LogP contribution in [0, 0.1) is 5.82 Å². The third-order valence-electron chi connectivity index (χ3n) is 3.12. The van der Waals surface area contributed by atoms with E-state index in [2.05, 4.69) is 16.7 Å². The maximum atomic E-state index is 13.2. The smallest absolute Gasteiger partial charge is 0.123 e. The lowest BCUT2D eigenvalue weighted by atomic mass is 10.1. The fraction of sp³-hybridized carbons (Fsp3) is 0.0588. The van der Waals surface area contributed by atoms with Gasteiger partial charge in [-0.05, 0) is 34.9 Å². The predicted octanol–water partition coefficient (Wildman–Crippen LogP) is 4.34. The molecule has 1 nitrogen and oxygen atoms in total. The summed E-state index contributed by atoms with van der Waals surface area (Å²) in [4.78, 5) is 0. The molecule has 0 aliphatic rings. The zero-order valence-electron chi connectivity index (χ0n) is 10.5. The summed E-state index contributed by atoms with van der Waals surface area (Å²) in [5.74, 6) is -0.201. The molecule has 0 atom stereocenters. The van der Waals surface area contributed by atoms with Gasteiger partial charge in [0.2, 0.25) is 0 Å². The second-order valence-corrected chi connectivity index (χ2v) is 4.57. The fourth-order valence-corrected chi connectivity index (χ4v) is 2.17. The summed E-state index contributed by atoms with van der Waals surface area (Å²) in [7, 11) is 0. The summed E-state index contributed by atoms with van der Waals surface area (Å²) in [6, 6.07) is 19.0. The van der Waals surface area contributed by atoms with Crippen LogP contribution in [0.5, 0.6) is 0 Å². The number of hydrogen-bond acceptors (Lipinski definition) is 0. The molecule has 19 heavy (non-hydrogen) atoms. The van der Waals surface area contributed by atoms with Crippen molar-refractivity contribution in [2.24, 2.45) is 0 Å². The van der Waals surface area contributed by atoms with Gasteiger partial charge in [-0.2, -0.15) is 0 Å². The molecule has 3 aromatic rings. The van der Waals surface area contributed by atoms with Gasteiger partial charge in [0.15, 0.2) is 0 Å². The third kappa shape index (κ3) is 2.74. The van der Waals surface area contributed by atoms with Gasteiger partial charge in [-0.3, -0.25) is 0 Å². The average Bonchev–Trinajstić information content (AvgIpc) is 2.88. The molecule has 1 heterocycles. The number of aromatic nitrogens is 1. The Bertz CT molecular complexity index is 670. The molecule has 1 aromatic heterocycles. The Hall–Kier alpha value is -2.35. The van der Waals surface area contributed by atoms with E-state index in [1.54, 1.807) is 12.1 Å². The lowest BCUT2D eigenvalue weighted by Crippen LogP contribution is -1.95. The average molecular weight is 251 g/mol. The first kappa shape index (κ1) is 11.7. The molecule has 0 unspecified atom stereocenters. The summed E-state index contributed by atoms with van der Waals surface area (Å²) in [5, 5.41) is 0.